The zero-order valence-electron chi connectivity index (χ0n) is 18.5. The highest BCUT2D eigenvalue weighted by atomic mass is 16.2. The van der Waals surface area contributed by atoms with E-state index in [1.165, 1.54) is 5.56 Å². The molecular weight excluding hydrogens is 374 g/mol. The number of amides is 1. The fraction of sp³-hybridized carbons (Fsp3) is 0.542. The maximum Gasteiger partial charge on any atom is 0.259 e. The summed E-state index contributed by atoms with van der Waals surface area (Å²) in [7, 11) is 0. The lowest BCUT2D eigenvalue weighted by Crippen LogP contribution is -2.49. The summed E-state index contributed by atoms with van der Waals surface area (Å²) in [6.45, 7) is 12.9. The van der Waals surface area contributed by atoms with Crippen molar-refractivity contribution in [3.05, 3.63) is 41.6 Å². The Morgan fingerprint density at radius 2 is 1.83 bits per heavy atom. The number of likely N-dealkylation sites (N-methyl/N-ethyl adjacent to an activating group) is 1. The number of anilines is 1. The Morgan fingerprint density at radius 3 is 2.50 bits per heavy atom. The third-order valence-corrected chi connectivity index (χ3v) is 6.47. The van der Waals surface area contributed by atoms with Crippen molar-refractivity contribution < 1.29 is 4.79 Å². The van der Waals surface area contributed by atoms with Crippen LogP contribution in [0.15, 0.2) is 30.5 Å². The van der Waals surface area contributed by atoms with E-state index in [2.05, 4.69) is 47.7 Å². The van der Waals surface area contributed by atoms with Gasteiger partial charge >= 0.3 is 0 Å². The van der Waals surface area contributed by atoms with Crippen LogP contribution in [0.4, 0.5) is 5.82 Å². The van der Waals surface area contributed by atoms with E-state index < -0.39 is 0 Å². The number of carbonyl (C=O) groups excluding carboxylic acids is 1. The molecule has 2 saturated heterocycles. The Hall–Kier alpha value is -2.47. The summed E-state index contributed by atoms with van der Waals surface area (Å²) < 4.78 is 0. The van der Waals surface area contributed by atoms with Gasteiger partial charge in [0.2, 0.25) is 0 Å². The van der Waals surface area contributed by atoms with Gasteiger partial charge in [0.1, 0.15) is 11.4 Å². The second-order valence-corrected chi connectivity index (χ2v) is 8.70. The lowest BCUT2D eigenvalue weighted by Gasteiger charge is -2.36. The molecule has 160 valence electrons. The molecule has 6 nitrogen and oxygen atoms in total. The first-order valence-corrected chi connectivity index (χ1v) is 11.3. The molecule has 1 amide bonds. The lowest BCUT2D eigenvalue weighted by molar-refractivity contribution is 0.0643. The summed E-state index contributed by atoms with van der Waals surface area (Å²) in [6, 6.07) is 8.24. The molecule has 0 saturated carbocycles. The van der Waals surface area contributed by atoms with Crippen molar-refractivity contribution in [3.8, 4) is 11.4 Å². The predicted octanol–water partition coefficient (Wildman–Crippen LogP) is 3.47. The van der Waals surface area contributed by atoms with Crippen LogP contribution in [0.2, 0.25) is 0 Å². The summed E-state index contributed by atoms with van der Waals surface area (Å²) >= 11 is 0. The quantitative estimate of drug-likeness (QED) is 0.777. The molecule has 2 aliphatic heterocycles. The van der Waals surface area contributed by atoms with E-state index in [9.17, 15) is 4.79 Å². The fourth-order valence-corrected chi connectivity index (χ4v) is 4.35. The van der Waals surface area contributed by atoms with Crippen LogP contribution in [0.1, 0.15) is 42.6 Å². The van der Waals surface area contributed by atoms with Crippen LogP contribution in [-0.4, -0.2) is 71.5 Å². The molecule has 2 aromatic rings. The second kappa shape index (κ2) is 9.13. The van der Waals surface area contributed by atoms with Gasteiger partial charge in [-0.1, -0.05) is 37.6 Å². The van der Waals surface area contributed by atoms with Crippen molar-refractivity contribution >= 4 is 11.7 Å². The van der Waals surface area contributed by atoms with Crippen LogP contribution in [0.3, 0.4) is 0 Å². The third kappa shape index (κ3) is 4.48. The average molecular weight is 408 g/mol. The van der Waals surface area contributed by atoms with Crippen molar-refractivity contribution in [2.75, 3.05) is 50.7 Å². The molecule has 6 heteroatoms. The van der Waals surface area contributed by atoms with Gasteiger partial charge in [-0.25, -0.2) is 9.97 Å². The van der Waals surface area contributed by atoms with Crippen LogP contribution in [0.5, 0.6) is 0 Å². The molecule has 0 aliphatic carbocycles. The summed E-state index contributed by atoms with van der Waals surface area (Å²) in [5.41, 5.74) is 2.82. The van der Waals surface area contributed by atoms with Crippen LogP contribution in [0.25, 0.3) is 11.4 Å². The first-order chi connectivity index (χ1) is 14.5. The van der Waals surface area contributed by atoms with E-state index in [4.69, 9.17) is 4.98 Å². The van der Waals surface area contributed by atoms with Crippen molar-refractivity contribution in [1.29, 1.82) is 0 Å². The molecule has 0 spiro atoms. The molecule has 30 heavy (non-hydrogen) atoms. The number of carbonyl (C=O) groups is 1. The highest BCUT2D eigenvalue weighted by Gasteiger charge is 2.28. The number of aryl methyl sites for hydroxylation is 1. The van der Waals surface area contributed by atoms with E-state index in [0.717, 1.165) is 76.0 Å². The van der Waals surface area contributed by atoms with Gasteiger partial charge in [0.15, 0.2) is 5.82 Å². The fourth-order valence-electron chi connectivity index (χ4n) is 4.35. The van der Waals surface area contributed by atoms with Gasteiger partial charge in [-0.3, -0.25) is 4.79 Å². The SMILES string of the molecule is CCN1CCN(C(=O)c2cnc(-c3cccc(C)c3)nc2N2CCC(C)CC2)CC1. The summed E-state index contributed by atoms with van der Waals surface area (Å²) in [5, 5.41) is 0. The maximum atomic E-state index is 13.4. The Kier molecular flexibility index (Phi) is 6.32. The molecule has 1 aromatic heterocycles. The van der Waals surface area contributed by atoms with Gasteiger partial charge in [0.25, 0.3) is 5.91 Å². The number of piperazine rings is 1. The van der Waals surface area contributed by atoms with E-state index in [-0.39, 0.29) is 5.91 Å². The van der Waals surface area contributed by atoms with E-state index in [1.807, 2.05) is 17.0 Å². The molecule has 0 unspecified atom stereocenters. The predicted molar refractivity (Wildman–Crippen MR) is 121 cm³/mol. The van der Waals surface area contributed by atoms with Crippen LogP contribution >= 0.6 is 0 Å². The average Bonchev–Trinajstić information content (AvgIpc) is 2.79. The minimum Gasteiger partial charge on any atom is -0.356 e. The second-order valence-electron chi connectivity index (χ2n) is 8.70. The smallest absolute Gasteiger partial charge is 0.259 e. The molecule has 3 heterocycles. The molecule has 1 aromatic carbocycles. The number of piperidine rings is 1. The summed E-state index contributed by atoms with van der Waals surface area (Å²) in [6.07, 6.45) is 4.02. The standard InChI is InChI=1S/C24H33N5O/c1-4-27-12-14-29(15-13-27)24(30)21-17-25-22(20-7-5-6-19(3)16-20)26-23(21)28-10-8-18(2)9-11-28/h5-7,16-18H,4,8-15H2,1-3H3. The largest absolute Gasteiger partial charge is 0.356 e. The van der Waals surface area contributed by atoms with Gasteiger partial charge in [0.05, 0.1) is 0 Å². The summed E-state index contributed by atoms with van der Waals surface area (Å²) in [5.74, 6) is 2.28. The highest BCUT2D eigenvalue weighted by Crippen LogP contribution is 2.28. The molecule has 2 aliphatic rings. The van der Waals surface area contributed by atoms with Gasteiger partial charge in [-0.15, -0.1) is 0 Å². The molecular formula is C24H33N5O. The van der Waals surface area contributed by atoms with Crippen LogP contribution < -0.4 is 4.90 Å². The van der Waals surface area contributed by atoms with Crippen molar-refractivity contribution in [2.45, 2.75) is 33.6 Å². The Morgan fingerprint density at radius 1 is 1.10 bits per heavy atom. The van der Waals surface area contributed by atoms with E-state index >= 15 is 0 Å². The maximum absolute atomic E-state index is 13.4. The zero-order chi connectivity index (χ0) is 21.1. The monoisotopic (exact) mass is 407 g/mol. The molecule has 0 radical (unpaired) electrons. The van der Waals surface area contributed by atoms with Gasteiger partial charge in [-0.05, 0) is 38.3 Å². The normalized spacial score (nSPS) is 18.6. The van der Waals surface area contributed by atoms with Crippen molar-refractivity contribution in [1.82, 2.24) is 19.8 Å². The third-order valence-electron chi connectivity index (χ3n) is 6.47. The van der Waals surface area contributed by atoms with E-state index in [1.54, 1.807) is 6.20 Å². The number of hydrogen-bond donors (Lipinski definition) is 0. The number of benzene rings is 1. The minimum absolute atomic E-state index is 0.0650. The molecule has 0 bridgehead atoms. The number of nitrogens with zero attached hydrogens (tertiary/aromatic N) is 5. The lowest BCUT2D eigenvalue weighted by atomic mass is 9.99. The Balaban J connectivity index is 1.66. The molecule has 0 atom stereocenters. The topological polar surface area (TPSA) is 52.6 Å². The number of aromatic nitrogens is 2. The van der Waals surface area contributed by atoms with Crippen molar-refractivity contribution in [3.63, 3.8) is 0 Å². The Labute approximate surface area is 179 Å². The number of hydrogen-bond acceptors (Lipinski definition) is 5. The zero-order valence-corrected chi connectivity index (χ0v) is 18.5. The first-order valence-electron chi connectivity index (χ1n) is 11.3. The van der Waals surface area contributed by atoms with Crippen LogP contribution in [-0.2, 0) is 0 Å². The Bertz CT molecular complexity index is 883. The summed E-state index contributed by atoms with van der Waals surface area (Å²) in [4.78, 5) is 29.6. The van der Waals surface area contributed by atoms with Gasteiger partial charge in [-0.2, -0.15) is 0 Å². The molecule has 4 rings (SSSR count). The number of rotatable bonds is 4. The van der Waals surface area contributed by atoms with Gasteiger partial charge in [0, 0.05) is 51.0 Å². The molecule has 0 N–H and O–H groups in total. The van der Waals surface area contributed by atoms with Crippen molar-refractivity contribution in [2.24, 2.45) is 5.92 Å². The van der Waals surface area contributed by atoms with E-state index in [0.29, 0.717) is 11.4 Å². The highest BCUT2D eigenvalue weighted by molar-refractivity contribution is 5.99. The minimum atomic E-state index is 0.0650. The first kappa shape index (κ1) is 20.8. The van der Waals surface area contributed by atoms with Crippen LogP contribution in [0, 0.1) is 12.8 Å². The van der Waals surface area contributed by atoms with Gasteiger partial charge < -0.3 is 14.7 Å². The molecule has 2 fully saturated rings.